The van der Waals surface area contributed by atoms with Crippen LogP contribution in [-0.2, 0) is 0 Å². The highest BCUT2D eigenvalue weighted by Gasteiger charge is 2.28. The molecule has 2 aromatic heterocycles. The number of likely N-dealkylation sites (tertiary alicyclic amines) is 1. The van der Waals surface area contributed by atoms with Gasteiger partial charge in [-0.1, -0.05) is 60.7 Å². The molecule has 1 aliphatic heterocycles. The van der Waals surface area contributed by atoms with E-state index in [-0.39, 0.29) is 23.7 Å². The van der Waals surface area contributed by atoms with Crippen LogP contribution in [0.15, 0.2) is 66.0 Å². The molecule has 8 heteroatoms. The number of carbonyl (C=O) groups excluding carboxylic acids is 2. The largest absolute Gasteiger partial charge is 0.350 e. The number of benzene rings is 2. The second kappa shape index (κ2) is 11.4. The molecule has 0 spiro atoms. The quantitative estimate of drug-likeness (QED) is 0.328. The molecule has 1 N–H and O–H groups in total. The van der Waals surface area contributed by atoms with E-state index >= 15 is 0 Å². The predicted octanol–water partition coefficient (Wildman–Crippen LogP) is 5.80. The Bertz CT molecular complexity index is 1320. The Hall–Kier alpha value is -3.36. The third kappa shape index (κ3) is 5.81. The number of thiazole rings is 2. The van der Waals surface area contributed by atoms with Crippen LogP contribution in [0.25, 0.3) is 0 Å². The third-order valence-corrected chi connectivity index (χ3v) is 8.92. The van der Waals surface area contributed by atoms with Gasteiger partial charge in [0, 0.05) is 36.9 Å². The number of hydrogen-bond donors (Lipinski definition) is 1. The summed E-state index contributed by atoms with van der Waals surface area (Å²) in [6.07, 6.45) is 1.70. The predicted molar refractivity (Wildman–Crippen MR) is 149 cm³/mol. The van der Waals surface area contributed by atoms with Crippen molar-refractivity contribution >= 4 is 34.5 Å². The second-order valence-corrected chi connectivity index (χ2v) is 11.5. The van der Waals surface area contributed by atoms with Crippen LogP contribution in [0.3, 0.4) is 0 Å². The first-order chi connectivity index (χ1) is 18.0. The van der Waals surface area contributed by atoms with E-state index < -0.39 is 0 Å². The molecule has 1 aliphatic rings. The van der Waals surface area contributed by atoms with E-state index in [0.29, 0.717) is 25.3 Å². The molecule has 0 atom stereocenters. The zero-order valence-corrected chi connectivity index (χ0v) is 22.6. The van der Waals surface area contributed by atoms with Crippen molar-refractivity contribution in [2.45, 2.75) is 38.5 Å². The van der Waals surface area contributed by atoms with Crippen molar-refractivity contribution in [3.63, 3.8) is 0 Å². The van der Waals surface area contributed by atoms with Crippen LogP contribution in [0.1, 0.15) is 71.7 Å². The lowest BCUT2D eigenvalue weighted by Gasteiger charge is -2.30. The number of carbonyl (C=O) groups is 2. The maximum Gasteiger partial charge on any atom is 0.270 e. The maximum absolute atomic E-state index is 13.0. The number of hydrogen-bond acceptors (Lipinski definition) is 6. The van der Waals surface area contributed by atoms with Gasteiger partial charge in [-0.05, 0) is 37.8 Å². The Labute approximate surface area is 225 Å². The van der Waals surface area contributed by atoms with Crippen molar-refractivity contribution in [1.82, 2.24) is 20.2 Å². The number of rotatable bonds is 7. The van der Waals surface area contributed by atoms with Gasteiger partial charge in [-0.3, -0.25) is 9.59 Å². The Balaban J connectivity index is 1.19. The Morgan fingerprint density at radius 1 is 0.973 bits per heavy atom. The van der Waals surface area contributed by atoms with Crippen LogP contribution < -0.4 is 5.32 Å². The molecule has 3 heterocycles. The molecular weight excluding hydrogens is 500 g/mol. The maximum atomic E-state index is 13.0. The van der Waals surface area contributed by atoms with Crippen molar-refractivity contribution < 1.29 is 9.59 Å². The van der Waals surface area contributed by atoms with Crippen molar-refractivity contribution in [3.8, 4) is 0 Å². The molecule has 2 aromatic carbocycles. The smallest absolute Gasteiger partial charge is 0.270 e. The number of piperidine rings is 1. The molecule has 0 unspecified atom stereocenters. The summed E-state index contributed by atoms with van der Waals surface area (Å²) in [5.41, 5.74) is 3.61. The molecule has 4 aromatic rings. The SMILES string of the molecule is Cc1nc(C)c(C(=O)N2CCC(c3nc(C(=O)NCC(c4ccccc4)c4ccccc4)cs3)CC2)s1. The van der Waals surface area contributed by atoms with Crippen molar-refractivity contribution in [2.24, 2.45) is 0 Å². The van der Waals surface area contributed by atoms with Gasteiger partial charge in [0.1, 0.15) is 10.6 Å². The van der Waals surface area contributed by atoms with Gasteiger partial charge in [0.25, 0.3) is 11.8 Å². The van der Waals surface area contributed by atoms with Crippen LogP contribution in [-0.4, -0.2) is 46.3 Å². The molecule has 6 nitrogen and oxygen atoms in total. The van der Waals surface area contributed by atoms with E-state index in [2.05, 4.69) is 34.6 Å². The summed E-state index contributed by atoms with van der Waals surface area (Å²) < 4.78 is 0. The van der Waals surface area contributed by atoms with Crippen LogP contribution in [0, 0.1) is 13.8 Å². The van der Waals surface area contributed by atoms with E-state index in [9.17, 15) is 9.59 Å². The zero-order chi connectivity index (χ0) is 25.8. The van der Waals surface area contributed by atoms with Crippen LogP contribution >= 0.6 is 22.7 Å². The van der Waals surface area contributed by atoms with Crippen molar-refractivity contribution in [1.29, 1.82) is 0 Å². The summed E-state index contributed by atoms with van der Waals surface area (Å²) in [6, 6.07) is 20.5. The first-order valence-corrected chi connectivity index (χ1v) is 14.3. The highest BCUT2D eigenvalue weighted by molar-refractivity contribution is 7.13. The first kappa shape index (κ1) is 25.3. The van der Waals surface area contributed by atoms with Crippen molar-refractivity contribution in [2.75, 3.05) is 19.6 Å². The summed E-state index contributed by atoms with van der Waals surface area (Å²) in [4.78, 5) is 37.7. The number of nitrogens with zero attached hydrogens (tertiary/aromatic N) is 3. The molecule has 5 rings (SSSR count). The first-order valence-electron chi connectivity index (χ1n) is 12.6. The van der Waals surface area contributed by atoms with E-state index in [1.165, 1.54) is 22.7 Å². The number of amides is 2. The Kier molecular flexibility index (Phi) is 7.76. The molecule has 1 saturated heterocycles. The van der Waals surface area contributed by atoms with Gasteiger partial charge in [-0.15, -0.1) is 22.7 Å². The summed E-state index contributed by atoms with van der Waals surface area (Å²) in [5, 5.41) is 6.86. The fourth-order valence-electron chi connectivity index (χ4n) is 4.87. The van der Waals surface area contributed by atoms with Gasteiger partial charge in [-0.2, -0.15) is 0 Å². The van der Waals surface area contributed by atoms with Crippen molar-refractivity contribution in [3.05, 3.63) is 103 Å². The summed E-state index contributed by atoms with van der Waals surface area (Å²) in [6.45, 7) is 5.71. The normalized spacial score (nSPS) is 14.2. The molecule has 190 valence electrons. The van der Waals surface area contributed by atoms with Crippen LogP contribution in [0.5, 0.6) is 0 Å². The van der Waals surface area contributed by atoms with E-state index in [4.69, 9.17) is 4.98 Å². The molecule has 2 amide bonds. The zero-order valence-electron chi connectivity index (χ0n) is 21.0. The summed E-state index contributed by atoms with van der Waals surface area (Å²) in [5.74, 6) is 0.258. The van der Waals surface area contributed by atoms with Gasteiger partial charge in [0.2, 0.25) is 0 Å². The molecule has 0 aliphatic carbocycles. The topological polar surface area (TPSA) is 75.2 Å². The minimum Gasteiger partial charge on any atom is -0.350 e. The lowest BCUT2D eigenvalue weighted by atomic mass is 9.91. The minimum absolute atomic E-state index is 0.0669. The Morgan fingerprint density at radius 2 is 1.59 bits per heavy atom. The summed E-state index contributed by atoms with van der Waals surface area (Å²) in [7, 11) is 0. The number of nitrogens with one attached hydrogen (secondary N) is 1. The average molecular weight is 531 g/mol. The van der Waals surface area contributed by atoms with E-state index in [0.717, 1.165) is 44.6 Å². The molecular formula is C29H30N4O2S2. The average Bonchev–Trinajstić information content (AvgIpc) is 3.56. The summed E-state index contributed by atoms with van der Waals surface area (Å²) >= 11 is 3.01. The lowest BCUT2D eigenvalue weighted by Crippen LogP contribution is -2.37. The molecule has 1 fully saturated rings. The third-order valence-electron chi connectivity index (χ3n) is 6.85. The standard InChI is InChI=1S/C29H30N4O2S2/c1-19-26(37-20(2)31-19)29(35)33-15-13-23(14-16-33)28-32-25(18-36-28)27(34)30-17-24(21-9-5-3-6-10-21)22-11-7-4-8-12-22/h3-12,18,23-24H,13-17H2,1-2H3,(H,30,34). The molecule has 0 radical (unpaired) electrons. The highest BCUT2D eigenvalue weighted by Crippen LogP contribution is 2.32. The van der Waals surface area contributed by atoms with Gasteiger partial charge >= 0.3 is 0 Å². The van der Waals surface area contributed by atoms with Gasteiger partial charge in [0.05, 0.1) is 15.7 Å². The van der Waals surface area contributed by atoms with Crippen LogP contribution in [0.2, 0.25) is 0 Å². The molecule has 0 saturated carbocycles. The number of aryl methyl sites for hydroxylation is 2. The molecule has 0 bridgehead atoms. The van der Waals surface area contributed by atoms with Crippen LogP contribution in [0.4, 0.5) is 0 Å². The van der Waals surface area contributed by atoms with Gasteiger partial charge in [0.15, 0.2) is 0 Å². The van der Waals surface area contributed by atoms with E-state index in [1.54, 1.807) is 0 Å². The van der Waals surface area contributed by atoms with Gasteiger partial charge in [-0.25, -0.2) is 9.97 Å². The van der Waals surface area contributed by atoms with Gasteiger partial charge < -0.3 is 10.2 Å². The highest BCUT2D eigenvalue weighted by atomic mass is 32.1. The van der Waals surface area contributed by atoms with E-state index in [1.807, 2.05) is 60.5 Å². The second-order valence-electron chi connectivity index (χ2n) is 9.37. The fraction of sp³-hybridized carbons (Fsp3) is 0.310. The monoisotopic (exact) mass is 530 g/mol. The lowest BCUT2D eigenvalue weighted by molar-refractivity contribution is 0.0717. The number of aromatic nitrogens is 2. The fourth-order valence-corrected chi connectivity index (χ4v) is 6.73. The molecule has 37 heavy (non-hydrogen) atoms. The minimum atomic E-state index is -0.150. The Morgan fingerprint density at radius 3 is 2.16 bits per heavy atom.